The first-order chi connectivity index (χ1) is 15.7. The number of carbonyl (C=O) groups excluding carboxylic acids is 3. The summed E-state index contributed by atoms with van der Waals surface area (Å²) < 4.78 is 10.4. The average molecular weight is 487 g/mol. The quantitative estimate of drug-likeness (QED) is 0.437. The SMILES string of the molecule is COC(=O)c1c(NC(=O)COc2ccc(Cl)cc2C)sc(C(=O)Nc2cccc(C)c2)c1C. The Kier molecular flexibility index (Phi) is 7.73. The van der Waals surface area contributed by atoms with Crippen molar-refractivity contribution >= 4 is 51.4 Å². The standard InChI is InChI=1S/C24H23ClN2O5S/c1-13-6-5-7-17(10-13)26-22(29)21-15(3)20(24(30)31-4)23(33-21)27-19(28)12-32-18-9-8-16(25)11-14(18)2/h5-11H,12H2,1-4H3,(H,26,29)(H,27,28). The Bertz CT molecular complexity index is 1220. The zero-order valence-corrected chi connectivity index (χ0v) is 20.1. The molecule has 33 heavy (non-hydrogen) atoms. The fraction of sp³-hybridized carbons (Fsp3) is 0.208. The summed E-state index contributed by atoms with van der Waals surface area (Å²) in [5, 5.41) is 6.27. The van der Waals surface area contributed by atoms with Gasteiger partial charge in [0.2, 0.25) is 0 Å². The topological polar surface area (TPSA) is 93.7 Å². The third-order valence-corrected chi connectivity index (χ3v) is 6.21. The molecule has 0 fully saturated rings. The number of methoxy groups -OCH3 is 1. The number of hydrogen-bond donors (Lipinski definition) is 2. The first-order valence-corrected chi connectivity index (χ1v) is 11.2. The number of nitrogens with one attached hydrogen (secondary N) is 2. The van der Waals surface area contributed by atoms with Gasteiger partial charge in [0.05, 0.1) is 17.6 Å². The smallest absolute Gasteiger partial charge is 0.341 e. The van der Waals surface area contributed by atoms with E-state index in [4.69, 9.17) is 21.1 Å². The van der Waals surface area contributed by atoms with Crippen LogP contribution in [0.5, 0.6) is 5.75 Å². The summed E-state index contributed by atoms with van der Waals surface area (Å²) in [5.41, 5.74) is 2.96. The molecule has 0 saturated carbocycles. The highest BCUT2D eigenvalue weighted by Crippen LogP contribution is 2.34. The third-order valence-electron chi connectivity index (χ3n) is 4.77. The summed E-state index contributed by atoms with van der Waals surface area (Å²) in [6.07, 6.45) is 0. The second-order valence-electron chi connectivity index (χ2n) is 7.32. The fourth-order valence-corrected chi connectivity index (χ4v) is 4.49. The van der Waals surface area contributed by atoms with Crippen LogP contribution in [0.3, 0.4) is 0 Å². The van der Waals surface area contributed by atoms with E-state index >= 15 is 0 Å². The van der Waals surface area contributed by atoms with Crippen LogP contribution in [0.15, 0.2) is 42.5 Å². The zero-order chi connectivity index (χ0) is 24.1. The monoisotopic (exact) mass is 486 g/mol. The molecule has 0 radical (unpaired) electrons. The molecular weight excluding hydrogens is 464 g/mol. The van der Waals surface area contributed by atoms with Gasteiger partial charge in [0.15, 0.2) is 6.61 Å². The van der Waals surface area contributed by atoms with E-state index in [1.807, 2.05) is 32.0 Å². The summed E-state index contributed by atoms with van der Waals surface area (Å²) in [6.45, 7) is 5.08. The molecule has 3 rings (SSSR count). The number of rotatable bonds is 7. The Balaban J connectivity index is 1.79. The maximum absolute atomic E-state index is 12.9. The lowest BCUT2D eigenvalue weighted by atomic mass is 10.1. The number of amides is 2. The molecule has 1 aromatic heterocycles. The first-order valence-electron chi connectivity index (χ1n) is 9.98. The van der Waals surface area contributed by atoms with E-state index < -0.39 is 11.9 Å². The summed E-state index contributed by atoms with van der Waals surface area (Å²) >= 11 is 6.94. The second-order valence-corrected chi connectivity index (χ2v) is 8.78. The van der Waals surface area contributed by atoms with Gasteiger partial charge in [0.25, 0.3) is 11.8 Å². The lowest BCUT2D eigenvalue weighted by Gasteiger charge is -2.10. The predicted octanol–water partition coefficient (Wildman–Crippen LogP) is 5.38. The van der Waals surface area contributed by atoms with Gasteiger partial charge in [-0.2, -0.15) is 0 Å². The van der Waals surface area contributed by atoms with Crippen molar-refractivity contribution in [1.82, 2.24) is 0 Å². The van der Waals surface area contributed by atoms with Gasteiger partial charge >= 0.3 is 5.97 Å². The summed E-state index contributed by atoms with van der Waals surface area (Å²) in [4.78, 5) is 38.1. The number of anilines is 2. The summed E-state index contributed by atoms with van der Waals surface area (Å²) in [6, 6.07) is 12.4. The molecule has 0 aliphatic rings. The van der Waals surface area contributed by atoms with Crippen molar-refractivity contribution in [2.75, 3.05) is 24.4 Å². The molecule has 2 aromatic carbocycles. The molecule has 0 aliphatic heterocycles. The van der Waals surface area contributed by atoms with E-state index in [2.05, 4.69) is 10.6 Å². The molecule has 0 atom stereocenters. The van der Waals surface area contributed by atoms with E-state index in [9.17, 15) is 14.4 Å². The molecule has 9 heteroatoms. The van der Waals surface area contributed by atoms with Gasteiger partial charge in [-0.15, -0.1) is 11.3 Å². The Hall–Kier alpha value is -3.36. The number of esters is 1. The van der Waals surface area contributed by atoms with Crippen LogP contribution in [0, 0.1) is 20.8 Å². The molecular formula is C24H23ClN2O5S. The number of ether oxygens (including phenoxy) is 2. The van der Waals surface area contributed by atoms with E-state index in [0.717, 1.165) is 22.5 Å². The van der Waals surface area contributed by atoms with E-state index in [1.165, 1.54) is 7.11 Å². The number of hydrogen-bond acceptors (Lipinski definition) is 6. The van der Waals surface area contributed by atoms with Crippen molar-refractivity contribution in [3.8, 4) is 5.75 Å². The van der Waals surface area contributed by atoms with E-state index in [0.29, 0.717) is 26.9 Å². The van der Waals surface area contributed by atoms with Crippen molar-refractivity contribution in [3.63, 3.8) is 0 Å². The van der Waals surface area contributed by atoms with E-state index in [1.54, 1.807) is 31.2 Å². The zero-order valence-electron chi connectivity index (χ0n) is 18.6. The highest BCUT2D eigenvalue weighted by molar-refractivity contribution is 7.19. The number of aryl methyl sites for hydroxylation is 2. The van der Waals surface area contributed by atoms with Gasteiger partial charge < -0.3 is 20.1 Å². The normalized spacial score (nSPS) is 10.5. The predicted molar refractivity (Wildman–Crippen MR) is 130 cm³/mol. The maximum atomic E-state index is 12.9. The lowest BCUT2D eigenvalue weighted by molar-refractivity contribution is -0.118. The van der Waals surface area contributed by atoms with Crippen LogP contribution in [0.1, 0.15) is 36.7 Å². The number of thiophene rings is 1. The average Bonchev–Trinajstić information content (AvgIpc) is 3.08. The highest BCUT2D eigenvalue weighted by atomic mass is 35.5. The Morgan fingerprint density at radius 2 is 1.79 bits per heavy atom. The third kappa shape index (κ3) is 5.91. The van der Waals surface area contributed by atoms with Crippen LogP contribution in [-0.2, 0) is 9.53 Å². The molecule has 0 bridgehead atoms. The van der Waals surface area contributed by atoms with Crippen LogP contribution in [0.25, 0.3) is 0 Å². The minimum atomic E-state index is -0.650. The van der Waals surface area contributed by atoms with Gasteiger partial charge in [-0.05, 0) is 67.8 Å². The Morgan fingerprint density at radius 3 is 2.45 bits per heavy atom. The van der Waals surface area contributed by atoms with Crippen molar-refractivity contribution in [3.05, 3.63) is 74.6 Å². The number of halogens is 1. The highest BCUT2D eigenvalue weighted by Gasteiger charge is 2.26. The van der Waals surface area contributed by atoms with Crippen molar-refractivity contribution in [1.29, 1.82) is 0 Å². The first kappa shape index (κ1) is 24.3. The second kappa shape index (κ2) is 10.5. The molecule has 3 aromatic rings. The molecule has 0 unspecified atom stereocenters. The number of benzene rings is 2. The minimum Gasteiger partial charge on any atom is -0.483 e. The summed E-state index contributed by atoms with van der Waals surface area (Å²) in [7, 11) is 1.24. The van der Waals surface area contributed by atoms with E-state index in [-0.39, 0.29) is 23.1 Å². The minimum absolute atomic E-state index is 0.132. The Labute approximate surface area is 200 Å². The van der Waals surface area contributed by atoms with Gasteiger partial charge in [-0.3, -0.25) is 9.59 Å². The molecule has 0 aliphatic carbocycles. The van der Waals surface area contributed by atoms with Gasteiger partial charge in [-0.1, -0.05) is 23.7 Å². The van der Waals surface area contributed by atoms with Crippen molar-refractivity contribution in [2.45, 2.75) is 20.8 Å². The summed E-state index contributed by atoms with van der Waals surface area (Å²) in [5.74, 6) is -1.00. The molecule has 0 spiro atoms. The van der Waals surface area contributed by atoms with Crippen LogP contribution < -0.4 is 15.4 Å². The van der Waals surface area contributed by atoms with Gasteiger partial charge in [0.1, 0.15) is 10.8 Å². The molecule has 0 saturated heterocycles. The van der Waals surface area contributed by atoms with Crippen molar-refractivity contribution in [2.24, 2.45) is 0 Å². The lowest BCUT2D eigenvalue weighted by Crippen LogP contribution is -2.21. The van der Waals surface area contributed by atoms with Crippen LogP contribution in [-0.4, -0.2) is 31.5 Å². The van der Waals surface area contributed by atoms with Crippen molar-refractivity contribution < 1.29 is 23.9 Å². The largest absolute Gasteiger partial charge is 0.483 e. The molecule has 2 amide bonds. The molecule has 2 N–H and O–H groups in total. The molecule has 1 heterocycles. The molecule has 172 valence electrons. The number of carbonyl (C=O) groups is 3. The van der Waals surface area contributed by atoms with Gasteiger partial charge in [0, 0.05) is 10.7 Å². The van der Waals surface area contributed by atoms with Crippen LogP contribution in [0.4, 0.5) is 10.7 Å². The maximum Gasteiger partial charge on any atom is 0.341 e. The fourth-order valence-electron chi connectivity index (χ4n) is 3.16. The molecule has 7 nitrogen and oxygen atoms in total. The van der Waals surface area contributed by atoms with Gasteiger partial charge in [-0.25, -0.2) is 4.79 Å². The van der Waals surface area contributed by atoms with Crippen LogP contribution in [0.2, 0.25) is 5.02 Å². The Morgan fingerprint density at radius 1 is 1.03 bits per heavy atom. The van der Waals surface area contributed by atoms with Crippen LogP contribution >= 0.6 is 22.9 Å².